The number of amides is 1. The molecule has 1 N–H and O–H groups in total. The van der Waals surface area contributed by atoms with E-state index < -0.39 is 0 Å². The fraction of sp³-hybridized carbons (Fsp3) is 0.562. The molecule has 1 amide bonds. The van der Waals surface area contributed by atoms with Crippen LogP contribution in [-0.4, -0.2) is 29.9 Å². The van der Waals surface area contributed by atoms with Crippen LogP contribution in [0.5, 0.6) is 0 Å². The van der Waals surface area contributed by atoms with Crippen LogP contribution in [0.2, 0.25) is 5.02 Å². The Morgan fingerprint density at radius 1 is 1.35 bits per heavy atom. The quantitative estimate of drug-likeness (QED) is 0.883. The second-order valence-electron chi connectivity index (χ2n) is 5.25. The molecule has 1 aliphatic rings. The maximum absolute atomic E-state index is 12.8. The number of halogens is 1. The van der Waals surface area contributed by atoms with Gasteiger partial charge in [-0.15, -0.1) is 0 Å². The number of carbonyl (C=O) groups is 1. The van der Waals surface area contributed by atoms with Crippen molar-refractivity contribution < 1.29 is 4.79 Å². The van der Waals surface area contributed by atoms with Crippen LogP contribution in [0, 0.1) is 0 Å². The van der Waals surface area contributed by atoms with Crippen LogP contribution in [0.25, 0.3) is 0 Å². The molecule has 0 saturated heterocycles. The Bertz CT molecular complexity index is 470. The van der Waals surface area contributed by atoms with Crippen molar-refractivity contribution in [2.45, 2.75) is 45.6 Å². The Balaban J connectivity index is 2.27. The third-order valence-electron chi connectivity index (χ3n) is 3.95. The molecule has 0 spiro atoms. The van der Waals surface area contributed by atoms with Gasteiger partial charge < -0.3 is 10.2 Å². The Kier molecular flexibility index (Phi) is 5.30. The minimum absolute atomic E-state index is 0.0952. The van der Waals surface area contributed by atoms with Crippen molar-refractivity contribution in [3.05, 3.63) is 28.8 Å². The molecule has 20 heavy (non-hydrogen) atoms. The van der Waals surface area contributed by atoms with E-state index in [0.717, 1.165) is 31.6 Å². The first-order valence-electron chi connectivity index (χ1n) is 7.51. The number of nitrogens with zero attached hydrogens (tertiary/aromatic N) is 1. The summed E-state index contributed by atoms with van der Waals surface area (Å²) >= 11 is 6.07. The lowest BCUT2D eigenvalue weighted by Gasteiger charge is -2.28. The van der Waals surface area contributed by atoms with Gasteiger partial charge >= 0.3 is 0 Å². The third-order valence-corrected chi connectivity index (χ3v) is 4.18. The van der Waals surface area contributed by atoms with Crippen LogP contribution in [0.3, 0.4) is 0 Å². The van der Waals surface area contributed by atoms with E-state index in [2.05, 4.69) is 5.32 Å². The topological polar surface area (TPSA) is 32.3 Å². The van der Waals surface area contributed by atoms with E-state index in [9.17, 15) is 4.79 Å². The maximum atomic E-state index is 12.8. The average molecular weight is 295 g/mol. The van der Waals surface area contributed by atoms with Crippen molar-refractivity contribution in [2.24, 2.45) is 0 Å². The molecule has 0 heterocycles. The van der Waals surface area contributed by atoms with Crippen LogP contribution >= 0.6 is 11.6 Å². The summed E-state index contributed by atoms with van der Waals surface area (Å²) in [4.78, 5) is 14.8. The molecule has 1 aromatic rings. The molecule has 0 aromatic heterocycles. The number of anilines is 1. The normalized spacial score (nSPS) is 15.3. The molecule has 1 fully saturated rings. The first kappa shape index (κ1) is 15.2. The fourth-order valence-corrected chi connectivity index (χ4v) is 3.15. The molecular weight excluding hydrogens is 272 g/mol. The molecule has 3 nitrogen and oxygen atoms in total. The monoisotopic (exact) mass is 294 g/mol. The minimum Gasteiger partial charge on any atom is -0.385 e. The summed E-state index contributed by atoms with van der Waals surface area (Å²) in [6.45, 7) is 5.62. The highest BCUT2D eigenvalue weighted by Crippen LogP contribution is 2.28. The van der Waals surface area contributed by atoms with Gasteiger partial charge in [0.1, 0.15) is 0 Å². The van der Waals surface area contributed by atoms with Crippen molar-refractivity contribution in [2.75, 3.05) is 18.4 Å². The van der Waals surface area contributed by atoms with E-state index in [0.29, 0.717) is 16.6 Å². The van der Waals surface area contributed by atoms with Gasteiger partial charge in [-0.1, -0.05) is 24.4 Å². The van der Waals surface area contributed by atoms with Crippen molar-refractivity contribution in [3.63, 3.8) is 0 Å². The fourth-order valence-electron chi connectivity index (χ4n) is 2.98. The summed E-state index contributed by atoms with van der Waals surface area (Å²) in [5.74, 6) is 0.0952. The van der Waals surface area contributed by atoms with Gasteiger partial charge in [-0.25, -0.2) is 0 Å². The van der Waals surface area contributed by atoms with Gasteiger partial charge in [-0.05, 0) is 44.9 Å². The highest BCUT2D eigenvalue weighted by Gasteiger charge is 2.27. The predicted octanol–water partition coefficient (Wildman–Crippen LogP) is 4.18. The Morgan fingerprint density at radius 2 is 2.05 bits per heavy atom. The lowest BCUT2D eigenvalue weighted by atomic mass is 10.1. The number of hydrogen-bond acceptors (Lipinski definition) is 2. The van der Waals surface area contributed by atoms with Gasteiger partial charge in [0.05, 0.1) is 5.56 Å². The first-order valence-corrected chi connectivity index (χ1v) is 7.89. The van der Waals surface area contributed by atoms with Gasteiger partial charge in [0.2, 0.25) is 0 Å². The minimum atomic E-state index is 0.0952. The zero-order valence-corrected chi connectivity index (χ0v) is 13.0. The van der Waals surface area contributed by atoms with Crippen LogP contribution < -0.4 is 5.32 Å². The zero-order chi connectivity index (χ0) is 14.5. The summed E-state index contributed by atoms with van der Waals surface area (Å²) in [6.07, 6.45) is 4.70. The second-order valence-corrected chi connectivity index (χ2v) is 5.69. The van der Waals surface area contributed by atoms with Crippen LogP contribution in [-0.2, 0) is 0 Å². The van der Waals surface area contributed by atoms with Gasteiger partial charge in [0, 0.05) is 29.8 Å². The number of carbonyl (C=O) groups excluding carboxylic acids is 1. The summed E-state index contributed by atoms with van der Waals surface area (Å²) in [7, 11) is 0. The maximum Gasteiger partial charge on any atom is 0.256 e. The average Bonchev–Trinajstić information content (AvgIpc) is 2.95. The molecule has 0 bridgehead atoms. The summed E-state index contributed by atoms with van der Waals surface area (Å²) in [6, 6.07) is 5.88. The summed E-state index contributed by atoms with van der Waals surface area (Å²) in [5.41, 5.74) is 1.56. The number of hydrogen-bond donors (Lipinski definition) is 1. The molecule has 0 atom stereocenters. The van der Waals surface area contributed by atoms with E-state index in [1.165, 1.54) is 12.8 Å². The zero-order valence-electron chi connectivity index (χ0n) is 12.3. The Morgan fingerprint density at radius 3 is 2.65 bits per heavy atom. The van der Waals surface area contributed by atoms with Crippen LogP contribution in [0.1, 0.15) is 49.9 Å². The number of nitrogens with one attached hydrogen (secondary N) is 1. The van der Waals surface area contributed by atoms with E-state index >= 15 is 0 Å². The largest absolute Gasteiger partial charge is 0.385 e. The van der Waals surface area contributed by atoms with Crippen LogP contribution in [0.15, 0.2) is 18.2 Å². The lowest BCUT2D eigenvalue weighted by molar-refractivity contribution is 0.0694. The van der Waals surface area contributed by atoms with Crippen molar-refractivity contribution in [3.8, 4) is 0 Å². The van der Waals surface area contributed by atoms with E-state index in [4.69, 9.17) is 11.6 Å². The highest BCUT2D eigenvalue weighted by molar-refractivity contribution is 6.31. The SMILES string of the molecule is CCNc1ccc(Cl)cc1C(=O)N(CC)C1CCCC1. The lowest BCUT2D eigenvalue weighted by Crippen LogP contribution is -2.39. The third kappa shape index (κ3) is 3.26. The second kappa shape index (κ2) is 6.98. The summed E-state index contributed by atoms with van der Waals surface area (Å²) < 4.78 is 0. The Hall–Kier alpha value is -1.22. The standard InChI is InChI=1S/C16H23ClN2O/c1-3-18-15-10-9-12(17)11-14(15)16(20)19(4-2)13-7-5-6-8-13/h9-11,13,18H,3-8H2,1-2H3. The first-order chi connectivity index (χ1) is 9.67. The Labute approximate surface area is 126 Å². The van der Waals surface area contributed by atoms with Crippen molar-refractivity contribution in [1.82, 2.24) is 4.90 Å². The summed E-state index contributed by atoms with van der Waals surface area (Å²) in [5, 5.41) is 3.86. The molecule has 4 heteroatoms. The van der Waals surface area contributed by atoms with E-state index in [-0.39, 0.29) is 5.91 Å². The molecule has 0 radical (unpaired) electrons. The predicted molar refractivity (Wildman–Crippen MR) is 84.6 cm³/mol. The number of benzene rings is 1. The van der Waals surface area contributed by atoms with Gasteiger partial charge in [0.25, 0.3) is 5.91 Å². The molecule has 0 unspecified atom stereocenters. The van der Waals surface area contributed by atoms with Gasteiger partial charge in [-0.2, -0.15) is 0 Å². The smallest absolute Gasteiger partial charge is 0.256 e. The molecule has 1 aliphatic carbocycles. The molecule has 1 saturated carbocycles. The molecule has 110 valence electrons. The van der Waals surface area contributed by atoms with Crippen molar-refractivity contribution >= 4 is 23.2 Å². The molecule has 1 aromatic carbocycles. The molecular formula is C16H23ClN2O. The van der Waals surface area contributed by atoms with Gasteiger partial charge in [0.15, 0.2) is 0 Å². The van der Waals surface area contributed by atoms with Gasteiger partial charge in [-0.3, -0.25) is 4.79 Å². The highest BCUT2D eigenvalue weighted by atomic mass is 35.5. The van der Waals surface area contributed by atoms with Crippen LogP contribution in [0.4, 0.5) is 5.69 Å². The van der Waals surface area contributed by atoms with Crippen molar-refractivity contribution in [1.29, 1.82) is 0 Å². The molecule has 0 aliphatic heterocycles. The number of rotatable bonds is 5. The van der Waals surface area contributed by atoms with E-state index in [1.54, 1.807) is 6.07 Å². The molecule has 2 rings (SSSR count). The van der Waals surface area contributed by atoms with E-state index in [1.807, 2.05) is 30.9 Å².